The van der Waals surface area contributed by atoms with Gasteiger partial charge < -0.3 is 10.2 Å². The van der Waals surface area contributed by atoms with Crippen molar-refractivity contribution in [3.63, 3.8) is 0 Å². The summed E-state index contributed by atoms with van der Waals surface area (Å²) in [6, 6.07) is 15.7. The number of amides is 1. The van der Waals surface area contributed by atoms with Gasteiger partial charge in [0.2, 0.25) is 5.91 Å². The zero-order valence-corrected chi connectivity index (χ0v) is 17.1. The lowest BCUT2D eigenvalue weighted by Gasteiger charge is -2.18. The number of nitrogens with two attached hydrogens (primary N) is 1. The minimum absolute atomic E-state index is 0.0943. The van der Waals surface area contributed by atoms with Crippen molar-refractivity contribution in [1.82, 2.24) is 14.8 Å². The minimum Gasteiger partial charge on any atom is -0.461 e. The maximum atomic E-state index is 13.5. The molecule has 0 fully saturated rings. The van der Waals surface area contributed by atoms with Crippen LogP contribution in [0.4, 0.5) is 8.78 Å². The first-order valence-corrected chi connectivity index (χ1v) is 10.3. The molecule has 4 aromatic rings. The number of benzene rings is 2. The third-order valence-electron chi connectivity index (χ3n) is 4.61. The second-order valence-electron chi connectivity index (χ2n) is 6.75. The molecule has 0 atom stereocenters. The summed E-state index contributed by atoms with van der Waals surface area (Å²) < 4.78 is 34.2. The summed E-state index contributed by atoms with van der Waals surface area (Å²) in [5, 5.41) is 8.73. The fraction of sp³-hybridized carbons (Fsp3) is 0.136. The molecule has 0 spiro atoms. The van der Waals surface area contributed by atoms with E-state index in [4.69, 9.17) is 10.2 Å². The first-order chi connectivity index (χ1) is 15.0. The van der Waals surface area contributed by atoms with E-state index in [9.17, 15) is 13.6 Å². The molecule has 0 unspecified atom stereocenters. The van der Waals surface area contributed by atoms with Crippen molar-refractivity contribution in [1.29, 1.82) is 0 Å². The third-order valence-corrected chi connectivity index (χ3v) is 5.90. The fourth-order valence-corrected chi connectivity index (χ4v) is 4.29. The van der Waals surface area contributed by atoms with E-state index in [-0.39, 0.29) is 29.8 Å². The summed E-state index contributed by atoms with van der Waals surface area (Å²) in [5.41, 5.74) is 6.96. The molecule has 2 N–H and O–H groups in total. The van der Waals surface area contributed by atoms with Gasteiger partial charge in [-0.2, -0.15) is 0 Å². The smallest absolute Gasteiger partial charge is 0.219 e. The molecule has 2 heterocycles. The van der Waals surface area contributed by atoms with Gasteiger partial charge in [-0.25, -0.2) is 8.78 Å². The number of carbonyl (C=O) groups excluding carboxylic acids is 1. The number of carbonyl (C=O) groups is 1. The van der Waals surface area contributed by atoms with Gasteiger partial charge in [0.25, 0.3) is 0 Å². The number of hydrogen-bond donors (Lipinski definition) is 1. The number of primary amides is 1. The second kappa shape index (κ2) is 9.13. The van der Waals surface area contributed by atoms with Crippen LogP contribution in [0.25, 0.3) is 11.6 Å². The number of halogens is 2. The van der Waals surface area contributed by atoms with Crippen LogP contribution >= 0.6 is 11.8 Å². The Labute approximate surface area is 181 Å². The van der Waals surface area contributed by atoms with Gasteiger partial charge in [-0.05, 0) is 47.5 Å². The average molecular weight is 440 g/mol. The predicted octanol–water partition coefficient (Wildman–Crippen LogP) is 4.57. The lowest BCUT2D eigenvalue weighted by Crippen LogP contribution is -2.15. The average Bonchev–Trinajstić information content (AvgIpc) is 3.42. The van der Waals surface area contributed by atoms with Crippen molar-refractivity contribution in [2.24, 2.45) is 5.73 Å². The largest absolute Gasteiger partial charge is 0.461 e. The zero-order valence-electron chi connectivity index (χ0n) is 16.2. The Balaban J connectivity index is 1.74. The Bertz CT molecular complexity index is 1110. The van der Waals surface area contributed by atoms with Crippen LogP contribution in [-0.2, 0) is 11.3 Å². The highest BCUT2D eigenvalue weighted by molar-refractivity contribution is 7.99. The van der Waals surface area contributed by atoms with Crippen LogP contribution in [0, 0.1) is 11.6 Å². The Morgan fingerprint density at radius 1 is 1.00 bits per heavy atom. The van der Waals surface area contributed by atoms with Crippen LogP contribution in [0.3, 0.4) is 0 Å². The molecule has 1 amide bonds. The summed E-state index contributed by atoms with van der Waals surface area (Å²) >= 11 is 1.35. The molecule has 6 nitrogen and oxygen atoms in total. The summed E-state index contributed by atoms with van der Waals surface area (Å²) in [6.45, 7) is 0.264. The molecule has 31 heavy (non-hydrogen) atoms. The molecule has 0 aliphatic rings. The molecular weight excluding hydrogens is 422 g/mol. The number of hydrogen-bond acceptors (Lipinski definition) is 5. The van der Waals surface area contributed by atoms with Crippen LogP contribution in [0.5, 0.6) is 0 Å². The lowest BCUT2D eigenvalue weighted by molar-refractivity contribution is -0.118. The first-order valence-electron chi connectivity index (χ1n) is 9.44. The minimum atomic E-state index is -0.455. The van der Waals surface area contributed by atoms with Crippen LogP contribution < -0.4 is 5.73 Å². The standard InChI is InChI=1S/C22H18F2N4O2S/c23-16-7-3-14(4-8-16)20(15-5-9-17(24)10-6-15)31-22-27-26-21(18-2-1-13-30-18)28(22)12-11-19(25)29/h1-10,13,20H,11-12H2,(H2,25,29). The molecule has 158 valence electrons. The summed E-state index contributed by atoms with van der Waals surface area (Å²) in [4.78, 5) is 11.4. The van der Waals surface area contributed by atoms with Crippen molar-refractivity contribution in [2.45, 2.75) is 23.4 Å². The number of rotatable bonds is 8. The quantitative estimate of drug-likeness (QED) is 0.406. The van der Waals surface area contributed by atoms with Crippen LogP contribution in [0.1, 0.15) is 22.8 Å². The van der Waals surface area contributed by atoms with E-state index >= 15 is 0 Å². The van der Waals surface area contributed by atoms with Crippen LogP contribution in [0.15, 0.2) is 76.5 Å². The number of thioether (sulfide) groups is 1. The fourth-order valence-electron chi connectivity index (χ4n) is 3.10. The second-order valence-corrected chi connectivity index (χ2v) is 7.82. The Hall–Kier alpha value is -3.46. The van der Waals surface area contributed by atoms with Gasteiger partial charge in [-0.3, -0.25) is 9.36 Å². The Morgan fingerprint density at radius 2 is 1.61 bits per heavy atom. The van der Waals surface area contributed by atoms with E-state index in [1.807, 2.05) is 0 Å². The SMILES string of the molecule is NC(=O)CCn1c(SC(c2ccc(F)cc2)c2ccc(F)cc2)nnc1-c1ccco1. The molecule has 9 heteroatoms. The van der Waals surface area contributed by atoms with Crippen molar-refractivity contribution < 1.29 is 18.0 Å². The highest BCUT2D eigenvalue weighted by Gasteiger charge is 2.23. The van der Waals surface area contributed by atoms with Gasteiger partial charge in [-0.1, -0.05) is 36.0 Å². The Morgan fingerprint density at radius 3 is 2.13 bits per heavy atom. The van der Waals surface area contributed by atoms with Crippen LogP contribution in [-0.4, -0.2) is 20.7 Å². The van der Waals surface area contributed by atoms with Gasteiger partial charge in [0.15, 0.2) is 16.7 Å². The topological polar surface area (TPSA) is 86.9 Å². The van der Waals surface area contributed by atoms with Gasteiger partial charge in [0.1, 0.15) is 11.6 Å². The van der Waals surface area contributed by atoms with Gasteiger partial charge in [0.05, 0.1) is 11.5 Å². The first kappa shape index (κ1) is 20.8. The molecule has 0 radical (unpaired) electrons. The normalized spacial score (nSPS) is 11.2. The van der Waals surface area contributed by atoms with E-state index in [1.165, 1.54) is 42.3 Å². The van der Waals surface area contributed by atoms with Crippen molar-refractivity contribution in [2.75, 3.05) is 0 Å². The highest BCUT2D eigenvalue weighted by Crippen LogP contribution is 2.41. The maximum absolute atomic E-state index is 13.5. The molecule has 0 bridgehead atoms. The van der Waals surface area contributed by atoms with E-state index in [1.54, 1.807) is 41.0 Å². The molecule has 2 aromatic carbocycles. The number of nitrogens with zero attached hydrogens (tertiary/aromatic N) is 3. The van der Waals surface area contributed by atoms with Gasteiger partial charge >= 0.3 is 0 Å². The van der Waals surface area contributed by atoms with Crippen molar-refractivity contribution >= 4 is 17.7 Å². The third kappa shape index (κ3) is 4.83. The Kier molecular flexibility index (Phi) is 6.13. The van der Waals surface area contributed by atoms with E-state index < -0.39 is 5.91 Å². The maximum Gasteiger partial charge on any atom is 0.219 e. The molecule has 0 saturated carbocycles. The monoisotopic (exact) mass is 440 g/mol. The van der Waals surface area contributed by atoms with E-state index in [0.717, 1.165) is 11.1 Å². The molecule has 0 saturated heterocycles. The zero-order chi connectivity index (χ0) is 21.8. The summed E-state index contributed by atoms with van der Waals surface area (Å²) in [7, 11) is 0. The summed E-state index contributed by atoms with van der Waals surface area (Å²) in [5.74, 6) is -0.189. The molecular formula is C22H18F2N4O2S. The van der Waals surface area contributed by atoms with Crippen molar-refractivity contribution in [3.8, 4) is 11.6 Å². The van der Waals surface area contributed by atoms with Crippen LogP contribution in [0.2, 0.25) is 0 Å². The molecule has 0 aliphatic carbocycles. The van der Waals surface area contributed by atoms with E-state index in [2.05, 4.69) is 10.2 Å². The predicted molar refractivity (Wildman–Crippen MR) is 112 cm³/mol. The van der Waals surface area contributed by atoms with E-state index in [0.29, 0.717) is 16.7 Å². The molecule has 4 rings (SSSR count). The van der Waals surface area contributed by atoms with Gasteiger partial charge in [-0.15, -0.1) is 10.2 Å². The lowest BCUT2D eigenvalue weighted by atomic mass is 10.0. The van der Waals surface area contributed by atoms with Crippen molar-refractivity contribution in [3.05, 3.63) is 89.7 Å². The summed E-state index contributed by atoms with van der Waals surface area (Å²) in [6.07, 6.45) is 1.62. The number of furan rings is 1. The highest BCUT2D eigenvalue weighted by atomic mass is 32.2. The van der Waals surface area contributed by atoms with Gasteiger partial charge in [0, 0.05) is 13.0 Å². The number of aromatic nitrogens is 3. The molecule has 0 aliphatic heterocycles. The molecule has 2 aromatic heterocycles.